The fourth-order valence-electron chi connectivity index (χ4n) is 1.50. The summed E-state index contributed by atoms with van der Waals surface area (Å²) in [6.07, 6.45) is 1.91. The lowest BCUT2D eigenvalue weighted by molar-refractivity contribution is 0.0109. The van der Waals surface area contributed by atoms with E-state index in [9.17, 15) is 8.42 Å². The van der Waals surface area contributed by atoms with Gasteiger partial charge in [0.25, 0.3) is 0 Å². The molecule has 0 aromatic rings. The molecule has 17 heavy (non-hydrogen) atoms. The van der Waals surface area contributed by atoms with Gasteiger partial charge in [0, 0.05) is 10.7 Å². The predicted molar refractivity (Wildman–Crippen MR) is 69.9 cm³/mol. The highest BCUT2D eigenvalue weighted by Crippen LogP contribution is 2.12. The molecule has 0 heterocycles. The Balaban J connectivity index is 3.78. The average Bonchev–Trinajstić information content (AvgIpc) is 2.14. The monoisotopic (exact) mass is 286 g/mol. The van der Waals surface area contributed by atoms with Crippen LogP contribution >= 0.6 is 10.7 Å². The van der Waals surface area contributed by atoms with Crippen LogP contribution in [-0.4, -0.2) is 40.1 Å². The Morgan fingerprint density at radius 3 is 2.35 bits per heavy atom. The molecule has 104 valence electrons. The zero-order valence-corrected chi connectivity index (χ0v) is 12.4. The number of ether oxygens (including phenoxy) is 2. The summed E-state index contributed by atoms with van der Waals surface area (Å²) in [5.74, 6) is -0.0467. The molecule has 0 aliphatic heterocycles. The molecule has 0 rings (SSSR count). The van der Waals surface area contributed by atoms with E-state index in [1.165, 1.54) is 0 Å². The van der Waals surface area contributed by atoms with Crippen molar-refractivity contribution < 1.29 is 17.9 Å². The van der Waals surface area contributed by atoms with Gasteiger partial charge in [-0.05, 0) is 26.2 Å². The number of halogens is 1. The van der Waals surface area contributed by atoms with Crippen LogP contribution in [0.3, 0.4) is 0 Å². The first-order chi connectivity index (χ1) is 7.85. The zero-order valence-electron chi connectivity index (χ0n) is 10.8. The molecular weight excluding hydrogens is 264 g/mol. The van der Waals surface area contributed by atoms with Crippen molar-refractivity contribution >= 4 is 19.7 Å². The maximum absolute atomic E-state index is 11.0. The van der Waals surface area contributed by atoms with Crippen molar-refractivity contribution in [3.05, 3.63) is 0 Å². The van der Waals surface area contributed by atoms with Crippen molar-refractivity contribution in [2.24, 2.45) is 5.92 Å². The largest absolute Gasteiger partial charge is 0.379 e. The molecule has 0 saturated heterocycles. The van der Waals surface area contributed by atoms with Gasteiger partial charge in [-0.15, -0.1) is 0 Å². The third-order valence-electron chi connectivity index (χ3n) is 2.16. The third kappa shape index (κ3) is 12.4. The molecule has 0 aliphatic rings. The van der Waals surface area contributed by atoms with E-state index in [0.29, 0.717) is 19.8 Å². The van der Waals surface area contributed by atoms with E-state index < -0.39 is 9.05 Å². The molecule has 0 bridgehead atoms. The summed E-state index contributed by atoms with van der Waals surface area (Å²) in [6.45, 7) is 7.36. The summed E-state index contributed by atoms with van der Waals surface area (Å²) in [5, 5.41) is 0. The van der Waals surface area contributed by atoms with E-state index in [1.807, 2.05) is 20.8 Å². The molecule has 1 atom stereocenters. The topological polar surface area (TPSA) is 52.6 Å². The first-order valence-corrected chi connectivity index (χ1v) is 8.44. The van der Waals surface area contributed by atoms with E-state index in [0.717, 1.165) is 12.8 Å². The fraction of sp³-hybridized carbons (Fsp3) is 1.00. The van der Waals surface area contributed by atoms with E-state index in [-0.39, 0.29) is 17.8 Å². The normalized spacial score (nSPS) is 14.2. The van der Waals surface area contributed by atoms with E-state index in [2.05, 4.69) is 0 Å². The molecular formula is C11H23ClO4S. The molecule has 0 spiro atoms. The highest BCUT2D eigenvalue weighted by atomic mass is 35.7. The molecule has 4 nitrogen and oxygen atoms in total. The Bertz CT molecular complexity index is 277. The van der Waals surface area contributed by atoms with Crippen LogP contribution < -0.4 is 0 Å². The van der Waals surface area contributed by atoms with Crippen molar-refractivity contribution in [2.45, 2.75) is 39.7 Å². The molecule has 0 saturated carbocycles. The van der Waals surface area contributed by atoms with Crippen LogP contribution in [0.15, 0.2) is 0 Å². The first kappa shape index (κ1) is 17.2. The quantitative estimate of drug-likeness (QED) is 0.457. The van der Waals surface area contributed by atoms with Crippen LogP contribution in [0.2, 0.25) is 0 Å². The minimum Gasteiger partial charge on any atom is -0.379 e. The van der Waals surface area contributed by atoms with Gasteiger partial charge in [-0.25, -0.2) is 8.42 Å². The second-order valence-electron chi connectivity index (χ2n) is 4.35. The van der Waals surface area contributed by atoms with Crippen LogP contribution in [0.25, 0.3) is 0 Å². The number of hydrogen-bond acceptors (Lipinski definition) is 4. The molecule has 0 N–H and O–H groups in total. The van der Waals surface area contributed by atoms with Gasteiger partial charge in [0.15, 0.2) is 0 Å². The molecule has 0 amide bonds. The highest BCUT2D eigenvalue weighted by molar-refractivity contribution is 8.13. The van der Waals surface area contributed by atoms with Gasteiger partial charge < -0.3 is 9.47 Å². The van der Waals surface area contributed by atoms with Gasteiger partial charge in [-0.3, -0.25) is 0 Å². The van der Waals surface area contributed by atoms with Gasteiger partial charge in [0.1, 0.15) is 0 Å². The fourth-order valence-corrected chi connectivity index (χ4v) is 2.86. The average molecular weight is 287 g/mol. The van der Waals surface area contributed by atoms with E-state index in [1.54, 1.807) is 0 Å². The number of rotatable bonds is 10. The lowest BCUT2D eigenvalue weighted by Crippen LogP contribution is -2.20. The summed E-state index contributed by atoms with van der Waals surface area (Å²) in [4.78, 5) is 0. The lowest BCUT2D eigenvalue weighted by Gasteiger charge is -2.15. The van der Waals surface area contributed by atoms with Gasteiger partial charge in [-0.2, -0.15) is 0 Å². The Labute approximate surface area is 109 Å². The lowest BCUT2D eigenvalue weighted by atomic mass is 10.1. The summed E-state index contributed by atoms with van der Waals surface area (Å²) >= 11 is 0. The third-order valence-corrected chi connectivity index (χ3v) is 3.41. The Kier molecular flexibility index (Phi) is 9.22. The van der Waals surface area contributed by atoms with Gasteiger partial charge >= 0.3 is 0 Å². The summed E-state index contributed by atoms with van der Waals surface area (Å²) in [7, 11) is 1.80. The molecule has 0 fully saturated rings. The summed E-state index contributed by atoms with van der Waals surface area (Å²) < 4.78 is 32.7. The van der Waals surface area contributed by atoms with Crippen molar-refractivity contribution in [3.8, 4) is 0 Å². The predicted octanol–water partition coefficient (Wildman–Crippen LogP) is 2.41. The highest BCUT2D eigenvalue weighted by Gasteiger charge is 2.16. The van der Waals surface area contributed by atoms with Crippen LogP contribution in [0.5, 0.6) is 0 Å². The maximum atomic E-state index is 11.0. The maximum Gasteiger partial charge on any atom is 0.232 e. The summed E-state index contributed by atoms with van der Waals surface area (Å²) in [6, 6.07) is 0. The molecule has 0 radical (unpaired) electrons. The molecule has 0 aromatic heterocycles. The van der Waals surface area contributed by atoms with E-state index in [4.69, 9.17) is 20.2 Å². The van der Waals surface area contributed by atoms with Gasteiger partial charge in [0.05, 0.1) is 31.7 Å². The second-order valence-corrected chi connectivity index (χ2v) is 7.18. The molecule has 0 aliphatic carbocycles. The smallest absolute Gasteiger partial charge is 0.232 e. The molecule has 0 aromatic carbocycles. The van der Waals surface area contributed by atoms with Crippen LogP contribution in [-0.2, 0) is 18.5 Å². The number of hydrogen-bond donors (Lipinski definition) is 0. The first-order valence-electron chi connectivity index (χ1n) is 5.96. The Morgan fingerprint density at radius 2 is 1.88 bits per heavy atom. The second kappa shape index (κ2) is 9.14. The van der Waals surface area contributed by atoms with Crippen molar-refractivity contribution in [2.75, 3.05) is 25.6 Å². The van der Waals surface area contributed by atoms with Gasteiger partial charge in [0.2, 0.25) is 9.05 Å². The summed E-state index contributed by atoms with van der Waals surface area (Å²) in [5.41, 5.74) is 0. The minimum atomic E-state index is -3.44. The molecule has 6 heteroatoms. The Morgan fingerprint density at radius 1 is 1.24 bits per heavy atom. The molecule has 1 unspecified atom stereocenters. The van der Waals surface area contributed by atoms with Crippen molar-refractivity contribution in [1.29, 1.82) is 0 Å². The van der Waals surface area contributed by atoms with Crippen LogP contribution in [0.1, 0.15) is 33.6 Å². The van der Waals surface area contributed by atoms with Crippen molar-refractivity contribution in [1.82, 2.24) is 0 Å². The van der Waals surface area contributed by atoms with Crippen LogP contribution in [0, 0.1) is 5.92 Å². The van der Waals surface area contributed by atoms with Crippen molar-refractivity contribution in [3.63, 3.8) is 0 Å². The standard InChI is InChI=1S/C11H23ClO4S/c1-4-5-11(9-17(12,13)14)8-15-6-7-16-10(2)3/h10-11H,4-9H2,1-3H3. The Hall–Kier alpha value is 0.160. The SMILES string of the molecule is CCCC(COCCOC(C)C)CS(=O)(=O)Cl. The van der Waals surface area contributed by atoms with Crippen LogP contribution in [0.4, 0.5) is 0 Å². The van der Waals surface area contributed by atoms with Gasteiger partial charge in [-0.1, -0.05) is 13.3 Å². The zero-order chi connectivity index (χ0) is 13.3. The minimum absolute atomic E-state index is 0.0204. The van der Waals surface area contributed by atoms with E-state index >= 15 is 0 Å².